The predicted octanol–water partition coefficient (Wildman–Crippen LogP) is 2.65. The number of nitrogens with one attached hydrogen (secondary N) is 2. The van der Waals surface area contributed by atoms with Crippen LogP contribution in [0, 0.1) is 0 Å². The maximum atomic E-state index is 12.3. The Labute approximate surface area is 160 Å². The minimum Gasteiger partial charge on any atom is -0.484 e. The molecule has 2 amide bonds. The van der Waals surface area contributed by atoms with Gasteiger partial charge in [0.25, 0.3) is 11.8 Å². The average Bonchev–Trinajstić information content (AvgIpc) is 3.36. The van der Waals surface area contributed by atoms with E-state index < -0.39 is 0 Å². The summed E-state index contributed by atoms with van der Waals surface area (Å²) < 4.78 is 10.6. The van der Waals surface area contributed by atoms with Crippen molar-refractivity contribution >= 4 is 17.5 Å². The van der Waals surface area contributed by atoms with E-state index in [1.165, 1.54) is 6.39 Å². The van der Waals surface area contributed by atoms with Gasteiger partial charge in [0.1, 0.15) is 5.75 Å². The third kappa shape index (κ3) is 4.35. The monoisotopic (exact) mass is 378 g/mol. The fraction of sp³-hybridized carbons (Fsp3) is 0.200. The molecule has 8 nitrogen and oxygen atoms in total. The van der Waals surface area contributed by atoms with E-state index in [4.69, 9.17) is 9.15 Å². The molecule has 0 bridgehead atoms. The van der Waals surface area contributed by atoms with Gasteiger partial charge in [0.15, 0.2) is 6.61 Å². The van der Waals surface area contributed by atoms with Crippen LogP contribution in [0.5, 0.6) is 5.75 Å². The number of ether oxygens (including phenoxy) is 1. The smallest absolute Gasteiger partial charge is 0.262 e. The van der Waals surface area contributed by atoms with E-state index in [0.717, 1.165) is 18.4 Å². The lowest BCUT2D eigenvalue weighted by Crippen LogP contribution is -2.27. The Morgan fingerprint density at radius 2 is 1.89 bits per heavy atom. The molecule has 1 saturated carbocycles. The quantitative estimate of drug-likeness (QED) is 0.655. The normalized spacial score (nSPS) is 13.0. The van der Waals surface area contributed by atoms with Gasteiger partial charge in [-0.3, -0.25) is 9.59 Å². The van der Waals surface area contributed by atoms with E-state index in [2.05, 4.69) is 20.8 Å². The molecular formula is C20H18N4O4. The van der Waals surface area contributed by atoms with Crippen molar-refractivity contribution in [3.8, 4) is 17.2 Å². The second-order valence-electron chi connectivity index (χ2n) is 6.40. The number of hydrogen-bond donors (Lipinski definition) is 2. The van der Waals surface area contributed by atoms with Gasteiger partial charge in [0.2, 0.25) is 12.3 Å². The average molecular weight is 378 g/mol. The van der Waals surface area contributed by atoms with E-state index in [-0.39, 0.29) is 24.5 Å². The first-order valence-corrected chi connectivity index (χ1v) is 8.88. The summed E-state index contributed by atoms with van der Waals surface area (Å²) in [5.41, 5.74) is 1.65. The summed E-state index contributed by atoms with van der Waals surface area (Å²) in [7, 11) is 0. The zero-order valence-electron chi connectivity index (χ0n) is 14.9. The molecule has 1 aliphatic rings. The lowest BCUT2D eigenvalue weighted by molar-refractivity contribution is -0.118. The highest BCUT2D eigenvalue weighted by molar-refractivity contribution is 6.04. The predicted molar refractivity (Wildman–Crippen MR) is 101 cm³/mol. The zero-order chi connectivity index (χ0) is 19.3. The standard InChI is InChI=1S/C20H18N4O4/c25-18(11-27-15-9-5-13(6-10-15)20-24-21-12-28-20)23-17-4-2-1-3-16(17)19(26)22-14-7-8-14/h1-6,9-10,12,14H,7-8,11H2,(H,22,26)(H,23,25). The Balaban J connectivity index is 1.34. The molecule has 28 heavy (non-hydrogen) atoms. The highest BCUT2D eigenvalue weighted by Gasteiger charge is 2.25. The van der Waals surface area contributed by atoms with E-state index in [1.54, 1.807) is 48.5 Å². The van der Waals surface area contributed by atoms with Crippen molar-refractivity contribution in [2.45, 2.75) is 18.9 Å². The van der Waals surface area contributed by atoms with Crippen LogP contribution in [0.2, 0.25) is 0 Å². The molecule has 1 fully saturated rings. The van der Waals surface area contributed by atoms with E-state index >= 15 is 0 Å². The lowest BCUT2D eigenvalue weighted by atomic mass is 10.1. The number of benzene rings is 2. The summed E-state index contributed by atoms with van der Waals surface area (Å²) in [6.07, 6.45) is 3.26. The highest BCUT2D eigenvalue weighted by atomic mass is 16.5. The molecule has 4 rings (SSSR count). The summed E-state index contributed by atoms with van der Waals surface area (Å²) in [6.45, 7) is -0.182. The van der Waals surface area contributed by atoms with Crippen LogP contribution in [0.1, 0.15) is 23.2 Å². The Hall–Kier alpha value is -3.68. The molecule has 0 radical (unpaired) electrons. The minimum atomic E-state index is -0.354. The summed E-state index contributed by atoms with van der Waals surface area (Å²) in [6, 6.07) is 14.1. The number of carbonyl (C=O) groups excluding carboxylic acids is 2. The van der Waals surface area contributed by atoms with Crippen LogP contribution in [-0.2, 0) is 4.79 Å². The van der Waals surface area contributed by atoms with Crippen molar-refractivity contribution < 1.29 is 18.7 Å². The Morgan fingerprint density at radius 1 is 1.11 bits per heavy atom. The van der Waals surface area contributed by atoms with Gasteiger partial charge in [0, 0.05) is 11.6 Å². The highest BCUT2D eigenvalue weighted by Crippen LogP contribution is 2.22. The van der Waals surface area contributed by atoms with Crippen LogP contribution in [0.4, 0.5) is 5.69 Å². The van der Waals surface area contributed by atoms with Crippen LogP contribution >= 0.6 is 0 Å². The number of anilines is 1. The minimum absolute atomic E-state index is 0.182. The molecule has 2 aromatic carbocycles. The van der Waals surface area contributed by atoms with Gasteiger partial charge in [-0.15, -0.1) is 10.2 Å². The van der Waals surface area contributed by atoms with Crippen molar-refractivity contribution in [1.29, 1.82) is 0 Å². The van der Waals surface area contributed by atoms with Gasteiger partial charge >= 0.3 is 0 Å². The summed E-state index contributed by atoms with van der Waals surface area (Å²) in [5.74, 6) is 0.395. The van der Waals surface area contributed by atoms with Gasteiger partial charge in [0.05, 0.1) is 11.3 Å². The number of rotatable bonds is 7. The van der Waals surface area contributed by atoms with Crippen LogP contribution in [-0.4, -0.2) is 34.7 Å². The Bertz CT molecular complexity index is 966. The fourth-order valence-corrected chi connectivity index (χ4v) is 2.61. The summed E-state index contributed by atoms with van der Waals surface area (Å²) in [4.78, 5) is 24.5. The molecular weight excluding hydrogens is 360 g/mol. The topological polar surface area (TPSA) is 106 Å². The lowest BCUT2D eigenvalue weighted by Gasteiger charge is -2.12. The zero-order valence-corrected chi connectivity index (χ0v) is 14.9. The SMILES string of the molecule is O=C(COc1ccc(-c2nnco2)cc1)Nc1ccccc1C(=O)NC1CC1. The fourth-order valence-electron chi connectivity index (χ4n) is 2.61. The second-order valence-corrected chi connectivity index (χ2v) is 6.40. The van der Waals surface area contributed by atoms with E-state index in [1.807, 2.05) is 0 Å². The molecule has 0 saturated heterocycles. The van der Waals surface area contributed by atoms with Crippen LogP contribution in [0.15, 0.2) is 59.3 Å². The first-order chi connectivity index (χ1) is 13.7. The van der Waals surface area contributed by atoms with Crippen molar-refractivity contribution in [2.24, 2.45) is 0 Å². The van der Waals surface area contributed by atoms with Gasteiger partial charge in [-0.2, -0.15) is 0 Å². The largest absolute Gasteiger partial charge is 0.484 e. The number of aromatic nitrogens is 2. The number of amides is 2. The third-order valence-electron chi connectivity index (χ3n) is 4.19. The van der Waals surface area contributed by atoms with Gasteiger partial charge in [-0.25, -0.2) is 0 Å². The molecule has 1 heterocycles. The van der Waals surface area contributed by atoms with E-state index in [9.17, 15) is 9.59 Å². The number of nitrogens with zero attached hydrogens (tertiary/aromatic N) is 2. The van der Waals surface area contributed by atoms with E-state index in [0.29, 0.717) is 22.9 Å². The maximum Gasteiger partial charge on any atom is 0.262 e. The van der Waals surface area contributed by atoms with Crippen LogP contribution in [0.25, 0.3) is 11.5 Å². The second kappa shape index (κ2) is 7.91. The first-order valence-electron chi connectivity index (χ1n) is 8.88. The number of carbonyl (C=O) groups is 2. The molecule has 1 aliphatic carbocycles. The maximum absolute atomic E-state index is 12.3. The summed E-state index contributed by atoms with van der Waals surface area (Å²) >= 11 is 0. The molecule has 8 heteroatoms. The molecule has 0 unspecified atom stereocenters. The van der Waals surface area contributed by atoms with Crippen molar-refractivity contribution in [2.75, 3.05) is 11.9 Å². The molecule has 0 spiro atoms. The van der Waals surface area contributed by atoms with Crippen molar-refractivity contribution in [3.05, 3.63) is 60.5 Å². The molecule has 0 aliphatic heterocycles. The third-order valence-corrected chi connectivity index (χ3v) is 4.19. The van der Waals surface area contributed by atoms with Gasteiger partial charge in [-0.05, 0) is 49.2 Å². The van der Waals surface area contributed by atoms with Crippen LogP contribution < -0.4 is 15.4 Å². The van der Waals surface area contributed by atoms with Gasteiger partial charge in [-0.1, -0.05) is 12.1 Å². The van der Waals surface area contributed by atoms with Crippen LogP contribution in [0.3, 0.4) is 0 Å². The first kappa shape index (κ1) is 17.7. The molecule has 2 N–H and O–H groups in total. The molecule has 1 aromatic heterocycles. The molecule has 3 aromatic rings. The van der Waals surface area contributed by atoms with Crippen molar-refractivity contribution in [3.63, 3.8) is 0 Å². The molecule has 142 valence electrons. The Morgan fingerprint density at radius 3 is 2.61 bits per heavy atom. The molecule has 0 atom stereocenters. The van der Waals surface area contributed by atoms with Crippen molar-refractivity contribution in [1.82, 2.24) is 15.5 Å². The number of hydrogen-bond acceptors (Lipinski definition) is 6. The Kier molecular flexibility index (Phi) is 5.01. The number of para-hydroxylation sites is 1. The summed E-state index contributed by atoms with van der Waals surface area (Å²) in [5, 5.41) is 13.1. The van der Waals surface area contributed by atoms with Gasteiger partial charge < -0.3 is 19.8 Å².